The Morgan fingerprint density at radius 2 is 2.06 bits per heavy atom. The van der Waals surface area contributed by atoms with Crippen molar-refractivity contribution in [2.45, 2.75) is 63.8 Å². The zero-order chi connectivity index (χ0) is 13.5. The highest BCUT2D eigenvalue weighted by molar-refractivity contribution is 4.97. The standard InChI is InChI=1S/C13H24O5/c1-9(2)17-13-5-3-4-10(18-13)6-7-11(15)12(16)8-14/h6-7,9-16H,3-5,8H2,1-2H3/b7-6-/t10-,11+,12-,13-/m0/s1. The molecule has 106 valence electrons. The van der Waals surface area contributed by atoms with Crippen molar-refractivity contribution in [3.05, 3.63) is 12.2 Å². The second kappa shape index (κ2) is 7.86. The van der Waals surface area contributed by atoms with Gasteiger partial charge in [-0.05, 0) is 33.1 Å². The van der Waals surface area contributed by atoms with Crippen LogP contribution in [-0.2, 0) is 9.47 Å². The van der Waals surface area contributed by atoms with E-state index in [1.807, 2.05) is 13.8 Å². The molecule has 0 saturated carbocycles. The summed E-state index contributed by atoms with van der Waals surface area (Å²) in [6, 6.07) is 0. The van der Waals surface area contributed by atoms with Gasteiger partial charge in [0.1, 0.15) is 12.2 Å². The Morgan fingerprint density at radius 1 is 1.33 bits per heavy atom. The van der Waals surface area contributed by atoms with Crippen LogP contribution in [0.2, 0.25) is 0 Å². The van der Waals surface area contributed by atoms with Crippen LogP contribution in [0.5, 0.6) is 0 Å². The van der Waals surface area contributed by atoms with Crippen molar-refractivity contribution < 1.29 is 24.8 Å². The van der Waals surface area contributed by atoms with Crippen LogP contribution in [0.1, 0.15) is 33.1 Å². The largest absolute Gasteiger partial charge is 0.394 e. The van der Waals surface area contributed by atoms with E-state index in [4.69, 9.17) is 14.6 Å². The third-order valence-electron chi connectivity index (χ3n) is 2.78. The van der Waals surface area contributed by atoms with Crippen LogP contribution >= 0.6 is 0 Å². The molecule has 18 heavy (non-hydrogen) atoms. The average molecular weight is 260 g/mol. The van der Waals surface area contributed by atoms with Gasteiger partial charge in [0.05, 0.1) is 18.8 Å². The van der Waals surface area contributed by atoms with Crippen LogP contribution in [0.15, 0.2) is 12.2 Å². The maximum Gasteiger partial charge on any atom is 0.158 e. The molecular weight excluding hydrogens is 236 g/mol. The summed E-state index contributed by atoms with van der Waals surface area (Å²) in [7, 11) is 0. The second-order valence-electron chi connectivity index (χ2n) is 4.85. The molecule has 1 fully saturated rings. The number of ether oxygens (including phenoxy) is 2. The van der Waals surface area contributed by atoms with Gasteiger partial charge in [0.15, 0.2) is 6.29 Å². The number of hydrogen-bond acceptors (Lipinski definition) is 5. The van der Waals surface area contributed by atoms with Crippen molar-refractivity contribution in [2.75, 3.05) is 6.61 Å². The maximum atomic E-state index is 9.48. The predicted molar refractivity (Wildman–Crippen MR) is 67.0 cm³/mol. The summed E-state index contributed by atoms with van der Waals surface area (Å²) in [4.78, 5) is 0. The number of aliphatic hydroxyl groups excluding tert-OH is 3. The van der Waals surface area contributed by atoms with Crippen LogP contribution in [0, 0.1) is 0 Å². The molecule has 0 unspecified atom stereocenters. The molecule has 1 aliphatic rings. The van der Waals surface area contributed by atoms with E-state index < -0.39 is 18.8 Å². The maximum absolute atomic E-state index is 9.48. The number of aliphatic hydroxyl groups is 3. The fourth-order valence-corrected chi connectivity index (χ4v) is 1.84. The molecule has 5 heteroatoms. The van der Waals surface area contributed by atoms with Crippen molar-refractivity contribution in [3.63, 3.8) is 0 Å². The highest BCUT2D eigenvalue weighted by Crippen LogP contribution is 2.21. The Kier molecular flexibility index (Phi) is 6.81. The van der Waals surface area contributed by atoms with Gasteiger partial charge in [-0.3, -0.25) is 0 Å². The topological polar surface area (TPSA) is 79.2 Å². The molecule has 1 rings (SSSR count). The van der Waals surface area contributed by atoms with E-state index in [9.17, 15) is 10.2 Å². The van der Waals surface area contributed by atoms with Crippen molar-refractivity contribution in [2.24, 2.45) is 0 Å². The minimum Gasteiger partial charge on any atom is -0.394 e. The highest BCUT2D eigenvalue weighted by Gasteiger charge is 2.22. The van der Waals surface area contributed by atoms with Gasteiger partial charge in [0.2, 0.25) is 0 Å². The van der Waals surface area contributed by atoms with E-state index in [2.05, 4.69) is 0 Å². The first-order valence-electron chi connectivity index (χ1n) is 6.49. The molecule has 0 amide bonds. The number of hydrogen-bond donors (Lipinski definition) is 3. The minimum atomic E-state index is -1.15. The van der Waals surface area contributed by atoms with Crippen LogP contribution < -0.4 is 0 Å². The molecule has 3 N–H and O–H groups in total. The van der Waals surface area contributed by atoms with Crippen molar-refractivity contribution in [3.8, 4) is 0 Å². The zero-order valence-electron chi connectivity index (χ0n) is 11.0. The zero-order valence-corrected chi connectivity index (χ0v) is 11.0. The first-order valence-corrected chi connectivity index (χ1v) is 6.49. The molecule has 0 spiro atoms. The molecule has 4 atom stereocenters. The Bertz CT molecular complexity index is 254. The summed E-state index contributed by atoms with van der Waals surface area (Å²) < 4.78 is 11.3. The van der Waals surface area contributed by atoms with Crippen LogP contribution in [0.4, 0.5) is 0 Å². The highest BCUT2D eigenvalue weighted by atomic mass is 16.7. The molecule has 5 nitrogen and oxygen atoms in total. The van der Waals surface area contributed by atoms with Gasteiger partial charge in [-0.1, -0.05) is 12.2 Å². The van der Waals surface area contributed by atoms with Crippen molar-refractivity contribution >= 4 is 0 Å². The third-order valence-corrected chi connectivity index (χ3v) is 2.78. The fourth-order valence-electron chi connectivity index (χ4n) is 1.84. The number of rotatable bonds is 6. The van der Waals surface area contributed by atoms with E-state index in [0.29, 0.717) is 0 Å². The molecule has 0 aromatic rings. The SMILES string of the molecule is CC(C)O[C@@H]1CCC[C@@H](/C=C\[C@@H](O)[C@@H](O)CO)O1. The lowest BCUT2D eigenvalue weighted by atomic mass is 10.1. The van der Waals surface area contributed by atoms with Gasteiger partial charge in [-0.25, -0.2) is 0 Å². The van der Waals surface area contributed by atoms with Gasteiger partial charge < -0.3 is 24.8 Å². The normalized spacial score (nSPS) is 28.8. The molecular formula is C13H24O5. The molecule has 1 aliphatic heterocycles. The van der Waals surface area contributed by atoms with E-state index >= 15 is 0 Å². The van der Waals surface area contributed by atoms with Gasteiger partial charge in [-0.15, -0.1) is 0 Å². The molecule has 1 saturated heterocycles. The fraction of sp³-hybridized carbons (Fsp3) is 0.846. The minimum absolute atomic E-state index is 0.108. The molecule has 0 aromatic carbocycles. The Hall–Kier alpha value is -0.460. The molecule has 0 radical (unpaired) electrons. The summed E-state index contributed by atoms with van der Waals surface area (Å²) in [6.07, 6.45) is 3.54. The summed E-state index contributed by atoms with van der Waals surface area (Å²) in [6.45, 7) is 3.46. The average Bonchev–Trinajstić information content (AvgIpc) is 2.34. The Labute approximate surface area is 108 Å². The summed E-state index contributed by atoms with van der Waals surface area (Å²) >= 11 is 0. The van der Waals surface area contributed by atoms with Gasteiger partial charge in [0, 0.05) is 0 Å². The van der Waals surface area contributed by atoms with Gasteiger partial charge in [-0.2, -0.15) is 0 Å². The van der Waals surface area contributed by atoms with E-state index in [1.165, 1.54) is 6.08 Å². The monoisotopic (exact) mass is 260 g/mol. The van der Waals surface area contributed by atoms with Crippen molar-refractivity contribution in [1.82, 2.24) is 0 Å². The van der Waals surface area contributed by atoms with Gasteiger partial charge >= 0.3 is 0 Å². The van der Waals surface area contributed by atoms with E-state index in [0.717, 1.165) is 19.3 Å². The lowest BCUT2D eigenvalue weighted by Crippen LogP contribution is -2.31. The van der Waals surface area contributed by atoms with Gasteiger partial charge in [0.25, 0.3) is 0 Å². The molecule has 0 aliphatic carbocycles. The summed E-state index contributed by atoms with van der Waals surface area (Å²) in [5.41, 5.74) is 0. The van der Waals surface area contributed by atoms with Crippen molar-refractivity contribution in [1.29, 1.82) is 0 Å². The Balaban J connectivity index is 2.39. The lowest BCUT2D eigenvalue weighted by Gasteiger charge is -2.29. The predicted octanol–water partition coefficient (Wildman–Crippen LogP) is 0.577. The molecule has 0 aromatic heterocycles. The summed E-state index contributed by atoms with van der Waals surface area (Å²) in [5, 5.41) is 27.4. The summed E-state index contributed by atoms with van der Waals surface area (Å²) in [5.74, 6) is 0. The van der Waals surface area contributed by atoms with Crippen LogP contribution in [-0.4, -0.2) is 52.6 Å². The lowest BCUT2D eigenvalue weighted by molar-refractivity contribution is -0.198. The third kappa shape index (κ3) is 5.46. The molecule has 0 bridgehead atoms. The van der Waals surface area contributed by atoms with E-state index in [1.54, 1.807) is 6.08 Å². The first-order chi connectivity index (χ1) is 8.52. The molecule has 1 heterocycles. The second-order valence-corrected chi connectivity index (χ2v) is 4.85. The Morgan fingerprint density at radius 3 is 2.67 bits per heavy atom. The quantitative estimate of drug-likeness (QED) is 0.609. The first kappa shape index (κ1) is 15.6. The van der Waals surface area contributed by atoms with E-state index in [-0.39, 0.29) is 18.5 Å². The van der Waals surface area contributed by atoms with Crippen LogP contribution in [0.25, 0.3) is 0 Å². The van der Waals surface area contributed by atoms with Crippen LogP contribution in [0.3, 0.4) is 0 Å². The smallest absolute Gasteiger partial charge is 0.158 e.